The number of benzene rings is 1. The third-order valence-corrected chi connectivity index (χ3v) is 3.42. The van der Waals surface area contributed by atoms with Crippen molar-refractivity contribution in [1.82, 2.24) is 0 Å². The first-order valence-corrected chi connectivity index (χ1v) is 6.34. The van der Waals surface area contributed by atoms with Gasteiger partial charge in [-0.05, 0) is 35.0 Å². The first-order chi connectivity index (χ1) is 9.10. The van der Waals surface area contributed by atoms with Gasteiger partial charge in [-0.25, -0.2) is 4.79 Å². The van der Waals surface area contributed by atoms with E-state index in [0.29, 0.717) is 21.2 Å². The fourth-order valence-corrected chi connectivity index (χ4v) is 2.31. The third kappa shape index (κ3) is 2.35. The van der Waals surface area contributed by atoms with Crippen LogP contribution in [-0.4, -0.2) is 25.5 Å². The van der Waals surface area contributed by atoms with Gasteiger partial charge in [0, 0.05) is 15.4 Å². The summed E-state index contributed by atoms with van der Waals surface area (Å²) in [6.45, 7) is 1.79. The number of rotatable bonds is 4. The van der Waals surface area contributed by atoms with Crippen LogP contribution in [0.3, 0.4) is 0 Å². The van der Waals surface area contributed by atoms with Gasteiger partial charge < -0.3 is 13.9 Å². The summed E-state index contributed by atoms with van der Waals surface area (Å²) in [7, 11) is 1.46. The number of esters is 1. The number of hydrogen-bond acceptors (Lipinski definition) is 5. The maximum Gasteiger partial charge on any atom is 0.379 e. The lowest BCUT2D eigenvalue weighted by molar-refractivity contribution is -0.137. The van der Waals surface area contributed by atoms with Gasteiger partial charge in [-0.2, -0.15) is 0 Å². The molecule has 1 aromatic carbocycles. The number of methoxy groups -OCH3 is 1. The van der Waals surface area contributed by atoms with Crippen LogP contribution in [0, 0.1) is 0 Å². The molecule has 2 aromatic rings. The Hall–Kier alpha value is -1.82. The molecule has 0 saturated heterocycles. The average Bonchev–Trinajstić information content (AvgIpc) is 2.89. The minimum atomic E-state index is -0.895. The van der Waals surface area contributed by atoms with E-state index in [2.05, 4.69) is 15.9 Å². The highest BCUT2D eigenvalue weighted by atomic mass is 79.9. The van der Waals surface area contributed by atoms with Gasteiger partial charge >= 0.3 is 5.97 Å². The summed E-state index contributed by atoms with van der Waals surface area (Å²) in [5, 5.41) is 0.659. The lowest BCUT2D eigenvalue weighted by Crippen LogP contribution is -2.18. The molecular weight excluding hydrogens is 316 g/mol. The largest absolute Gasteiger partial charge is 0.493 e. The van der Waals surface area contributed by atoms with E-state index in [1.54, 1.807) is 13.0 Å². The SMILES string of the molecule is CCOC(=O)C(=O)c1cc(OC)c2occc2c1Br. The predicted octanol–water partition coefficient (Wildman–Crippen LogP) is 2.95. The quantitative estimate of drug-likeness (QED) is 0.491. The number of halogens is 1. The van der Waals surface area contributed by atoms with Crippen LogP contribution < -0.4 is 4.74 Å². The number of ether oxygens (including phenoxy) is 2. The highest BCUT2D eigenvalue weighted by molar-refractivity contribution is 9.10. The number of hydrogen-bond donors (Lipinski definition) is 0. The Morgan fingerprint density at radius 3 is 2.79 bits per heavy atom. The standard InChI is InChI=1S/C13H11BrO5/c1-3-18-13(16)11(15)8-6-9(17-2)12-7(10(8)14)4-5-19-12/h4-6H,3H2,1-2H3. The molecule has 0 aliphatic rings. The van der Waals surface area contributed by atoms with E-state index in [1.807, 2.05) is 0 Å². The van der Waals surface area contributed by atoms with E-state index >= 15 is 0 Å². The monoisotopic (exact) mass is 326 g/mol. The van der Waals surface area contributed by atoms with Gasteiger partial charge in [-0.1, -0.05) is 0 Å². The second kappa shape index (κ2) is 5.44. The number of carbonyl (C=O) groups is 2. The van der Waals surface area contributed by atoms with Gasteiger partial charge in [0.2, 0.25) is 0 Å². The van der Waals surface area contributed by atoms with Crippen molar-refractivity contribution in [3.63, 3.8) is 0 Å². The molecule has 0 radical (unpaired) electrons. The maximum atomic E-state index is 12.0. The highest BCUT2D eigenvalue weighted by Crippen LogP contribution is 2.36. The Morgan fingerprint density at radius 1 is 1.42 bits per heavy atom. The van der Waals surface area contributed by atoms with Crippen molar-refractivity contribution >= 4 is 38.7 Å². The zero-order chi connectivity index (χ0) is 14.0. The Bertz CT molecular complexity index is 644. The summed E-state index contributed by atoms with van der Waals surface area (Å²) in [6.07, 6.45) is 1.48. The number of furan rings is 1. The molecule has 0 unspecified atom stereocenters. The van der Waals surface area contributed by atoms with E-state index in [4.69, 9.17) is 13.9 Å². The smallest absolute Gasteiger partial charge is 0.379 e. The van der Waals surface area contributed by atoms with Gasteiger partial charge in [-0.3, -0.25) is 4.79 Å². The topological polar surface area (TPSA) is 65.7 Å². The molecule has 100 valence electrons. The Kier molecular flexibility index (Phi) is 3.90. The van der Waals surface area contributed by atoms with Crippen molar-refractivity contribution in [3.05, 3.63) is 28.4 Å². The molecule has 0 aliphatic carbocycles. The minimum absolute atomic E-state index is 0.146. The molecule has 0 saturated carbocycles. The Morgan fingerprint density at radius 2 is 2.16 bits per heavy atom. The minimum Gasteiger partial charge on any atom is -0.493 e. The zero-order valence-electron chi connectivity index (χ0n) is 10.4. The van der Waals surface area contributed by atoms with Crippen molar-refractivity contribution in [1.29, 1.82) is 0 Å². The van der Waals surface area contributed by atoms with E-state index < -0.39 is 11.8 Å². The first kappa shape index (κ1) is 13.6. The van der Waals surface area contributed by atoms with Gasteiger partial charge in [0.25, 0.3) is 5.78 Å². The summed E-state index contributed by atoms with van der Waals surface area (Å²) in [5.41, 5.74) is 0.694. The molecule has 0 fully saturated rings. The number of Topliss-reactive ketones (excluding diaryl/α,β-unsaturated/α-hetero) is 1. The summed E-state index contributed by atoms with van der Waals surface area (Å²) in [6, 6.07) is 3.14. The van der Waals surface area contributed by atoms with E-state index in [0.717, 1.165) is 0 Å². The van der Waals surface area contributed by atoms with Gasteiger partial charge in [0.15, 0.2) is 11.3 Å². The van der Waals surface area contributed by atoms with Crippen molar-refractivity contribution in [2.75, 3.05) is 13.7 Å². The van der Waals surface area contributed by atoms with Crippen LogP contribution in [-0.2, 0) is 9.53 Å². The lowest BCUT2D eigenvalue weighted by Gasteiger charge is -2.07. The van der Waals surface area contributed by atoms with Crippen LogP contribution in [0.25, 0.3) is 11.0 Å². The molecule has 5 nitrogen and oxygen atoms in total. The summed E-state index contributed by atoms with van der Waals surface area (Å²) in [5.74, 6) is -1.24. The molecule has 0 N–H and O–H groups in total. The summed E-state index contributed by atoms with van der Waals surface area (Å²) in [4.78, 5) is 23.5. The van der Waals surface area contributed by atoms with Gasteiger partial charge in [0.05, 0.1) is 20.0 Å². The molecule has 0 atom stereocenters. The van der Waals surface area contributed by atoms with Crippen molar-refractivity contribution in [3.8, 4) is 5.75 Å². The van der Waals surface area contributed by atoms with Crippen molar-refractivity contribution in [2.45, 2.75) is 6.92 Å². The highest BCUT2D eigenvalue weighted by Gasteiger charge is 2.24. The van der Waals surface area contributed by atoms with E-state index in [9.17, 15) is 9.59 Å². The second-order valence-corrected chi connectivity index (χ2v) is 4.45. The molecule has 19 heavy (non-hydrogen) atoms. The fourth-order valence-electron chi connectivity index (χ4n) is 1.70. The summed E-state index contributed by atoms with van der Waals surface area (Å²) >= 11 is 3.30. The molecule has 0 bridgehead atoms. The predicted molar refractivity (Wildman–Crippen MR) is 71.4 cm³/mol. The summed E-state index contributed by atoms with van der Waals surface area (Å²) < 4.78 is 15.6. The fraction of sp³-hybridized carbons (Fsp3) is 0.231. The Balaban J connectivity index is 2.57. The van der Waals surface area contributed by atoms with Crippen molar-refractivity contribution < 1.29 is 23.5 Å². The molecule has 2 rings (SSSR count). The number of ketones is 1. The Labute approximate surface area is 117 Å². The lowest BCUT2D eigenvalue weighted by atomic mass is 10.1. The molecule has 0 aliphatic heterocycles. The van der Waals surface area contributed by atoms with Crippen LogP contribution in [0.15, 0.2) is 27.3 Å². The van der Waals surface area contributed by atoms with Crippen LogP contribution in [0.2, 0.25) is 0 Å². The molecule has 1 heterocycles. The number of fused-ring (bicyclic) bond motifs is 1. The zero-order valence-corrected chi connectivity index (χ0v) is 11.9. The molecule has 1 aromatic heterocycles. The van der Waals surface area contributed by atoms with Crippen LogP contribution in [0.5, 0.6) is 5.75 Å². The normalized spacial score (nSPS) is 10.5. The second-order valence-electron chi connectivity index (χ2n) is 3.65. The van der Waals surface area contributed by atoms with E-state index in [1.165, 1.54) is 19.4 Å². The third-order valence-electron chi connectivity index (χ3n) is 2.56. The molecule has 0 amide bonds. The van der Waals surface area contributed by atoms with E-state index in [-0.39, 0.29) is 12.2 Å². The van der Waals surface area contributed by atoms with Crippen LogP contribution in [0.4, 0.5) is 0 Å². The molecule has 0 spiro atoms. The molecule has 6 heteroatoms. The first-order valence-electron chi connectivity index (χ1n) is 5.55. The van der Waals surface area contributed by atoms with Gasteiger partial charge in [0.1, 0.15) is 0 Å². The van der Waals surface area contributed by atoms with Crippen molar-refractivity contribution in [2.24, 2.45) is 0 Å². The van der Waals surface area contributed by atoms with Crippen LogP contribution >= 0.6 is 15.9 Å². The van der Waals surface area contributed by atoms with Crippen LogP contribution in [0.1, 0.15) is 17.3 Å². The van der Waals surface area contributed by atoms with Gasteiger partial charge in [-0.15, -0.1) is 0 Å². The maximum absolute atomic E-state index is 12.0. The molecular formula is C13H11BrO5. The average molecular weight is 327 g/mol. The number of carbonyl (C=O) groups excluding carboxylic acids is 2.